The van der Waals surface area contributed by atoms with Crippen LogP contribution in [0, 0.1) is 6.92 Å². The predicted molar refractivity (Wildman–Crippen MR) is 98.7 cm³/mol. The van der Waals surface area contributed by atoms with Gasteiger partial charge in [-0.3, -0.25) is 9.69 Å². The average molecular weight is 342 g/mol. The Morgan fingerprint density at radius 1 is 1.16 bits per heavy atom. The van der Waals surface area contributed by atoms with E-state index in [2.05, 4.69) is 41.4 Å². The van der Waals surface area contributed by atoms with Gasteiger partial charge in [-0.1, -0.05) is 30.7 Å². The molecule has 0 radical (unpaired) electrons. The maximum absolute atomic E-state index is 13.5. The number of carbonyl (C=O) groups excluding carboxylic acids is 1. The molecule has 2 atom stereocenters. The van der Waals surface area contributed by atoms with Gasteiger partial charge in [0.25, 0.3) is 0 Å². The number of piperidine rings is 1. The number of carbonyl (C=O) groups is 1. The van der Waals surface area contributed by atoms with Crippen LogP contribution >= 0.6 is 0 Å². The molecule has 1 aromatic carbocycles. The molecule has 0 bridgehead atoms. The van der Waals surface area contributed by atoms with Crippen LogP contribution in [-0.2, 0) is 14.9 Å². The molecule has 3 aliphatic heterocycles. The van der Waals surface area contributed by atoms with E-state index in [-0.39, 0.29) is 5.91 Å². The maximum atomic E-state index is 13.5. The third-order valence-corrected chi connectivity index (χ3v) is 6.61. The van der Waals surface area contributed by atoms with E-state index < -0.39 is 5.41 Å². The molecule has 3 fully saturated rings. The molecule has 0 aliphatic carbocycles. The molecule has 4 nitrogen and oxygen atoms in total. The van der Waals surface area contributed by atoms with E-state index in [1.54, 1.807) is 0 Å². The molecular formula is C21H30N2O2. The number of hydrogen-bond acceptors (Lipinski definition) is 3. The molecule has 4 rings (SSSR count). The Morgan fingerprint density at radius 3 is 2.76 bits per heavy atom. The standard InChI is InChI=1S/C21H30N2O2/c1-16-6-2-3-7-17(16)21(10-14-25-15-11-21)20(24)22-18-9-13-23-12-5-4-8-19(18)23/h2-3,6-7,18-19H,4-5,8-15H2,1H3,(H,22,24)/t18-,19+/m1/s1. The van der Waals surface area contributed by atoms with E-state index in [9.17, 15) is 4.79 Å². The minimum Gasteiger partial charge on any atom is -0.381 e. The largest absolute Gasteiger partial charge is 0.381 e. The van der Waals surface area contributed by atoms with Gasteiger partial charge >= 0.3 is 0 Å². The van der Waals surface area contributed by atoms with Gasteiger partial charge in [-0.2, -0.15) is 0 Å². The van der Waals surface area contributed by atoms with Crippen molar-refractivity contribution in [3.8, 4) is 0 Å². The normalized spacial score (nSPS) is 29.2. The molecule has 0 saturated carbocycles. The zero-order valence-electron chi connectivity index (χ0n) is 15.3. The zero-order valence-corrected chi connectivity index (χ0v) is 15.3. The Labute approximate surface area is 150 Å². The van der Waals surface area contributed by atoms with E-state index in [0.29, 0.717) is 25.3 Å². The lowest BCUT2D eigenvalue weighted by molar-refractivity contribution is -0.131. The minimum absolute atomic E-state index is 0.225. The Hall–Kier alpha value is -1.39. The summed E-state index contributed by atoms with van der Waals surface area (Å²) in [5, 5.41) is 3.48. The number of fused-ring (bicyclic) bond motifs is 1. The van der Waals surface area contributed by atoms with Gasteiger partial charge < -0.3 is 10.1 Å². The second-order valence-corrected chi connectivity index (χ2v) is 7.98. The molecule has 1 amide bonds. The summed E-state index contributed by atoms with van der Waals surface area (Å²) < 4.78 is 5.60. The maximum Gasteiger partial charge on any atom is 0.231 e. The first-order valence-electron chi connectivity index (χ1n) is 9.90. The van der Waals surface area contributed by atoms with Gasteiger partial charge in [-0.05, 0) is 56.7 Å². The Bertz CT molecular complexity index is 624. The number of nitrogens with zero attached hydrogens (tertiary/aromatic N) is 1. The fourth-order valence-electron chi connectivity index (χ4n) is 5.17. The number of aryl methyl sites for hydroxylation is 1. The van der Waals surface area contributed by atoms with Gasteiger partial charge in [0.05, 0.1) is 5.41 Å². The van der Waals surface area contributed by atoms with Gasteiger partial charge in [0.1, 0.15) is 0 Å². The highest BCUT2D eigenvalue weighted by atomic mass is 16.5. The fourth-order valence-corrected chi connectivity index (χ4v) is 5.17. The van der Waals surface area contributed by atoms with Crippen LogP contribution < -0.4 is 5.32 Å². The summed E-state index contributed by atoms with van der Waals surface area (Å²) in [4.78, 5) is 16.1. The van der Waals surface area contributed by atoms with Crippen molar-refractivity contribution < 1.29 is 9.53 Å². The first-order valence-corrected chi connectivity index (χ1v) is 9.90. The molecule has 0 unspecified atom stereocenters. The van der Waals surface area contributed by atoms with E-state index in [1.165, 1.54) is 36.9 Å². The van der Waals surface area contributed by atoms with Gasteiger partial charge in [0.2, 0.25) is 5.91 Å². The number of nitrogens with one attached hydrogen (secondary N) is 1. The lowest BCUT2D eigenvalue weighted by Gasteiger charge is -2.39. The SMILES string of the molecule is Cc1ccccc1C1(C(=O)N[C@@H]2CCN3CCCC[C@@H]23)CCOCC1. The highest BCUT2D eigenvalue weighted by Gasteiger charge is 2.45. The molecule has 1 aromatic rings. The summed E-state index contributed by atoms with van der Waals surface area (Å²) in [6.45, 7) is 5.80. The number of ether oxygens (including phenoxy) is 1. The second kappa shape index (κ2) is 7.08. The minimum atomic E-state index is -0.425. The van der Waals surface area contributed by atoms with Crippen LogP contribution in [0.1, 0.15) is 49.7 Å². The summed E-state index contributed by atoms with van der Waals surface area (Å²) in [6.07, 6.45) is 6.49. The van der Waals surface area contributed by atoms with Crippen LogP contribution in [0.4, 0.5) is 0 Å². The second-order valence-electron chi connectivity index (χ2n) is 7.98. The highest BCUT2D eigenvalue weighted by Crippen LogP contribution is 2.38. The Morgan fingerprint density at radius 2 is 1.96 bits per heavy atom. The van der Waals surface area contributed by atoms with Crippen molar-refractivity contribution in [2.45, 2.75) is 62.9 Å². The van der Waals surface area contributed by atoms with Gasteiger partial charge in [0, 0.05) is 31.8 Å². The van der Waals surface area contributed by atoms with E-state index in [0.717, 1.165) is 25.8 Å². The molecular weight excluding hydrogens is 312 g/mol. The number of rotatable bonds is 3. The van der Waals surface area contributed by atoms with E-state index >= 15 is 0 Å². The molecule has 4 heteroatoms. The summed E-state index contributed by atoms with van der Waals surface area (Å²) in [5.74, 6) is 0.225. The third-order valence-electron chi connectivity index (χ3n) is 6.61. The quantitative estimate of drug-likeness (QED) is 0.918. The number of benzene rings is 1. The summed E-state index contributed by atoms with van der Waals surface area (Å²) in [6, 6.07) is 9.24. The van der Waals surface area contributed by atoms with E-state index in [1.807, 2.05) is 0 Å². The van der Waals surface area contributed by atoms with Crippen LogP contribution in [0.25, 0.3) is 0 Å². The van der Waals surface area contributed by atoms with Gasteiger partial charge in [-0.15, -0.1) is 0 Å². The average Bonchev–Trinajstić information content (AvgIpc) is 3.06. The lowest BCUT2D eigenvalue weighted by atomic mass is 9.71. The van der Waals surface area contributed by atoms with Crippen LogP contribution in [0.2, 0.25) is 0 Å². The number of hydrogen-bond donors (Lipinski definition) is 1. The Balaban J connectivity index is 1.57. The van der Waals surface area contributed by atoms with Crippen molar-refractivity contribution in [2.24, 2.45) is 0 Å². The molecule has 136 valence electrons. The molecule has 25 heavy (non-hydrogen) atoms. The van der Waals surface area contributed by atoms with Crippen molar-refractivity contribution in [1.29, 1.82) is 0 Å². The molecule has 0 spiro atoms. The van der Waals surface area contributed by atoms with Gasteiger partial charge in [-0.25, -0.2) is 0 Å². The van der Waals surface area contributed by atoms with E-state index in [4.69, 9.17) is 4.74 Å². The van der Waals surface area contributed by atoms with Crippen molar-refractivity contribution in [3.63, 3.8) is 0 Å². The Kier molecular flexibility index (Phi) is 4.83. The first kappa shape index (κ1) is 17.0. The van der Waals surface area contributed by atoms with Crippen LogP contribution in [0.5, 0.6) is 0 Å². The summed E-state index contributed by atoms with van der Waals surface area (Å²) >= 11 is 0. The van der Waals surface area contributed by atoms with Crippen molar-refractivity contribution in [3.05, 3.63) is 35.4 Å². The van der Waals surface area contributed by atoms with Crippen molar-refractivity contribution >= 4 is 5.91 Å². The molecule has 1 N–H and O–H groups in total. The first-order chi connectivity index (χ1) is 12.2. The van der Waals surface area contributed by atoms with Crippen LogP contribution in [0.3, 0.4) is 0 Å². The highest BCUT2D eigenvalue weighted by molar-refractivity contribution is 5.89. The van der Waals surface area contributed by atoms with Gasteiger partial charge in [0.15, 0.2) is 0 Å². The molecule has 3 aliphatic rings. The molecule has 3 heterocycles. The smallest absolute Gasteiger partial charge is 0.231 e. The van der Waals surface area contributed by atoms with Crippen molar-refractivity contribution in [1.82, 2.24) is 10.2 Å². The predicted octanol–water partition coefficient (Wildman–Crippen LogP) is 2.79. The fraction of sp³-hybridized carbons (Fsp3) is 0.667. The van der Waals surface area contributed by atoms with Crippen LogP contribution in [0.15, 0.2) is 24.3 Å². The number of amides is 1. The topological polar surface area (TPSA) is 41.6 Å². The summed E-state index contributed by atoms with van der Waals surface area (Å²) in [7, 11) is 0. The van der Waals surface area contributed by atoms with Crippen LogP contribution in [-0.4, -0.2) is 49.2 Å². The zero-order chi connectivity index (χ0) is 17.3. The summed E-state index contributed by atoms with van der Waals surface area (Å²) in [5.41, 5.74) is 1.98. The molecule has 0 aromatic heterocycles. The van der Waals surface area contributed by atoms with Crippen molar-refractivity contribution in [2.75, 3.05) is 26.3 Å². The lowest BCUT2D eigenvalue weighted by Crippen LogP contribution is -2.54. The monoisotopic (exact) mass is 342 g/mol. The third kappa shape index (κ3) is 3.11. The molecule has 3 saturated heterocycles.